The molecular formula is C23H21F4NO2. The van der Waals surface area contributed by atoms with Crippen LogP contribution in [0.4, 0.5) is 17.6 Å². The molecule has 0 radical (unpaired) electrons. The zero-order valence-electron chi connectivity index (χ0n) is 16.6. The highest BCUT2D eigenvalue weighted by atomic mass is 19.4. The highest BCUT2D eigenvalue weighted by Crippen LogP contribution is 2.46. The van der Waals surface area contributed by atoms with Crippen LogP contribution in [-0.4, -0.2) is 28.5 Å². The van der Waals surface area contributed by atoms with Gasteiger partial charge in [-0.3, -0.25) is 4.98 Å². The molecule has 7 heteroatoms. The lowest BCUT2D eigenvalue weighted by molar-refractivity contribution is -0.252. The van der Waals surface area contributed by atoms with E-state index in [-0.39, 0.29) is 5.69 Å². The molecule has 0 saturated carbocycles. The number of halogens is 4. The predicted octanol–water partition coefficient (Wildman–Crippen LogP) is 5.32. The summed E-state index contributed by atoms with van der Waals surface area (Å²) in [4.78, 5) is 4.50. The minimum atomic E-state index is -4.82. The topological polar surface area (TPSA) is 42.4 Å². The highest BCUT2D eigenvalue weighted by Gasteiger charge is 2.51. The van der Waals surface area contributed by atoms with Crippen molar-refractivity contribution in [1.29, 1.82) is 0 Å². The molecule has 1 aliphatic heterocycles. The molecule has 2 aromatic carbocycles. The fourth-order valence-corrected chi connectivity index (χ4v) is 4.03. The number of hydrogen-bond acceptors (Lipinski definition) is 3. The van der Waals surface area contributed by atoms with Crippen LogP contribution in [0.3, 0.4) is 0 Å². The third-order valence-electron chi connectivity index (χ3n) is 5.92. The first-order valence-corrected chi connectivity index (χ1v) is 9.62. The molecule has 2 atom stereocenters. The quantitative estimate of drug-likeness (QED) is 0.585. The van der Waals surface area contributed by atoms with Gasteiger partial charge >= 0.3 is 6.18 Å². The number of rotatable bonds is 3. The Kier molecular flexibility index (Phi) is 4.77. The molecule has 0 aliphatic carbocycles. The Morgan fingerprint density at radius 3 is 2.57 bits per heavy atom. The summed E-state index contributed by atoms with van der Waals surface area (Å²) in [5, 5.41) is 10.9. The highest BCUT2D eigenvalue weighted by molar-refractivity contribution is 5.80. The Morgan fingerprint density at radius 2 is 1.83 bits per heavy atom. The average molecular weight is 419 g/mol. The van der Waals surface area contributed by atoms with E-state index < -0.39 is 29.4 Å². The largest absolute Gasteiger partial charge is 0.493 e. The Hall–Kier alpha value is -2.67. The molecule has 30 heavy (non-hydrogen) atoms. The van der Waals surface area contributed by atoms with E-state index in [1.54, 1.807) is 18.2 Å². The molecule has 1 aliphatic rings. The number of hydrogen-bond donors (Lipinski definition) is 1. The van der Waals surface area contributed by atoms with Crippen molar-refractivity contribution in [2.24, 2.45) is 0 Å². The van der Waals surface area contributed by atoms with Gasteiger partial charge in [0.2, 0.25) is 0 Å². The van der Waals surface area contributed by atoms with Crippen LogP contribution in [-0.2, 0) is 11.8 Å². The zero-order valence-corrected chi connectivity index (χ0v) is 16.6. The van der Waals surface area contributed by atoms with Crippen LogP contribution in [0.5, 0.6) is 5.75 Å². The summed E-state index contributed by atoms with van der Waals surface area (Å²) < 4.78 is 60.1. The first-order valence-electron chi connectivity index (χ1n) is 9.62. The number of fused-ring (bicyclic) bond motifs is 2. The number of ether oxygens (including phenoxy) is 1. The van der Waals surface area contributed by atoms with Crippen molar-refractivity contribution in [2.45, 2.75) is 43.9 Å². The third kappa shape index (κ3) is 3.41. The fourth-order valence-electron chi connectivity index (χ4n) is 4.03. The van der Waals surface area contributed by atoms with Crippen LogP contribution in [0.15, 0.2) is 48.5 Å². The van der Waals surface area contributed by atoms with E-state index in [9.17, 15) is 22.7 Å². The summed E-state index contributed by atoms with van der Waals surface area (Å²) in [6.45, 7) is 2.93. The SMILES string of the molecule is CC1(c2cc3ccccc3nc2CC(C)(O)C(F)(F)F)CCOc2ccc(F)cc21. The number of pyridine rings is 1. The smallest absolute Gasteiger partial charge is 0.417 e. The van der Waals surface area contributed by atoms with Gasteiger partial charge in [0.1, 0.15) is 11.6 Å². The molecule has 4 rings (SSSR count). The van der Waals surface area contributed by atoms with E-state index in [0.717, 1.165) is 12.3 Å². The lowest BCUT2D eigenvalue weighted by Gasteiger charge is -2.38. The monoisotopic (exact) mass is 419 g/mol. The van der Waals surface area contributed by atoms with Crippen molar-refractivity contribution in [3.8, 4) is 5.75 Å². The normalized spacial score (nSPS) is 21.0. The van der Waals surface area contributed by atoms with E-state index in [1.807, 2.05) is 19.1 Å². The fraction of sp³-hybridized carbons (Fsp3) is 0.348. The summed E-state index contributed by atoms with van der Waals surface area (Å²) in [5.41, 5.74) is -2.03. The predicted molar refractivity (Wildman–Crippen MR) is 105 cm³/mol. The Bertz CT molecular complexity index is 1110. The first-order chi connectivity index (χ1) is 14.0. The van der Waals surface area contributed by atoms with E-state index >= 15 is 0 Å². The van der Waals surface area contributed by atoms with E-state index in [2.05, 4.69) is 4.98 Å². The number of nitrogens with zero attached hydrogens (tertiary/aromatic N) is 1. The molecular weight excluding hydrogens is 398 g/mol. The van der Waals surface area contributed by atoms with Crippen molar-refractivity contribution in [3.05, 3.63) is 71.2 Å². The summed E-state index contributed by atoms with van der Waals surface area (Å²) in [5.74, 6) is 0.0369. The van der Waals surface area contributed by atoms with Crippen LogP contribution < -0.4 is 4.74 Å². The van der Waals surface area contributed by atoms with Crippen LogP contribution >= 0.6 is 0 Å². The molecule has 2 heterocycles. The van der Waals surface area contributed by atoms with Crippen LogP contribution in [0.25, 0.3) is 10.9 Å². The molecule has 158 valence electrons. The van der Waals surface area contributed by atoms with Crippen molar-refractivity contribution in [1.82, 2.24) is 4.98 Å². The van der Waals surface area contributed by atoms with Gasteiger partial charge in [-0.25, -0.2) is 4.39 Å². The van der Waals surface area contributed by atoms with Crippen molar-refractivity contribution in [3.63, 3.8) is 0 Å². The van der Waals surface area contributed by atoms with E-state index in [4.69, 9.17) is 4.74 Å². The number of aromatic nitrogens is 1. The lowest BCUT2D eigenvalue weighted by atomic mass is 9.70. The lowest BCUT2D eigenvalue weighted by Crippen LogP contribution is -2.45. The minimum absolute atomic E-state index is 0.135. The van der Waals surface area contributed by atoms with Crippen molar-refractivity contribution < 1.29 is 27.4 Å². The number of para-hydroxylation sites is 1. The maximum absolute atomic E-state index is 14.1. The number of benzene rings is 2. The molecule has 3 aromatic rings. The average Bonchev–Trinajstić information content (AvgIpc) is 2.67. The van der Waals surface area contributed by atoms with Crippen LogP contribution in [0.2, 0.25) is 0 Å². The van der Waals surface area contributed by atoms with Gasteiger partial charge in [0.25, 0.3) is 0 Å². The molecule has 0 spiro atoms. The Labute approximate surface area is 171 Å². The summed E-state index contributed by atoms with van der Waals surface area (Å²) >= 11 is 0. The van der Waals surface area contributed by atoms with Crippen molar-refractivity contribution in [2.75, 3.05) is 6.61 Å². The summed E-state index contributed by atoms with van der Waals surface area (Å²) in [7, 11) is 0. The first kappa shape index (κ1) is 20.6. The molecule has 0 fully saturated rings. The summed E-state index contributed by atoms with van der Waals surface area (Å²) in [6.07, 6.45) is -5.10. The molecule has 0 saturated heterocycles. The second kappa shape index (κ2) is 6.94. The van der Waals surface area contributed by atoms with Gasteiger partial charge in [0.15, 0.2) is 5.60 Å². The standard InChI is InChI=1S/C23H21F4NO2/c1-21(9-10-30-20-8-7-15(24)12-17(20)21)16-11-14-5-3-4-6-18(14)28-19(16)13-22(2,29)23(25,26)27/h3-8,11-12,29H,9-10,13H2,1-2H3. The van der Waals surface area contributed by atoms with E-state index in [0.29, 0.717) is 35.4 Å². The van der Waals surface area contributed by atoms with Crippen molar-refractivity contribution >= 4 is 10.9 Å². The molecule has 2 unspecified atom stereocenters. The van der Waals surface area contributed by atoms with Gasteiger partial charge in [0.05, 0.1) is 12.1 Å². The van der Waals surface area contributed by atoms with Gasteiger partial charge in [-0.05, 0) is 49.2 Å². The molecule has 0 amide bonds. The minimum Gasteiger partial charge on any atom is -0.493 e. The van der Waals surface area contributed by atoms with Gasteiger partial charge in [-0.15, -0.1) is 0 Å². The second-order valence-electron chi connectivity index (χ2n) is 8.19. The van der Waals surface area contributed by atoms with E-state index in [1.165, 1.54) is 18.2 Å². The van der Waals surface area contributed by atoms with Gasteiger partial charge < -0.3 is 9.84 Å². The second-order valence-corrected chi connectivity index (χ2v) is 8.19. The Balaban J connectivity index is 1.96. The summed E-state index contributed by atoms with van der Waals surface area (Å²) in [6, 6.07) is 13.1. The molecule has 3 nitrogen and oxygen atoms in total. The number of alkyl halides is 3. The van der Waals surface area contributed by atoms with Gasteiger partial charge in [-0.1, -0.05) is 25.1 Å². The molecule has 1 aromatic heterocycles. The number of aliphatic hydroxyl groups is 1. The van der Waals surface area contributed by atoms with Crippen LogP contribution in [0.1, 0.15) is 37.1 Å². The zero-order chi connectivity index (χ0) is 21.7. The third-order valence-corrected chi connectivity index (χ3v) is 5.92. The van der Waals surface area contributed by atoms with Crippen LogP contribution in [0, 0.1) is 5.82 Å². The maximum Gasteiger partial charge on any atom is 0.417 e. The Morgan fingerprint density at radius 1 is 1.10 bits per heavy atom. The van der Waals surface area contributed by atoms with Gasteiger partial charge in [-0.2, -0.15) is 13.2 Å². The molecule has 0 bridgehead atoms. The van der Waals surface area contributed by atoms with Gasteiger partial charge in [0, 0.05) is 28.5 Å². The maximum atomic E-state index is 14.1. The molecule has 1 N–H and O–H groups in total.